The molecule has 0 bridgehead atoms. The number of carbonyl (C=O) groups excluding carboxylic acids is 1. The minimum atomic E-state index is -0.161. The highest BCUT2D eigenvalue weighted by Gasteiger charge is 2.35. The van der Waals surface area contributed by atoms with E-state index in [0.29, 0.717) is 35.9 Å². The van der Waals surface area contributed by atoms with Gasteiger partial charge in [0.05, 0.1) is 18.3 Å². The number of aromatic nitrogens is 3. The molecule has 2 saturated carbocycles. The molecule has 3 heterocycles. The molecule has 1 unspecified atom stereocenters. The fraction of sp³-hybridized carbons (Fsp3) is 0.609. The summed E-state index contributed by atoms with van der Waals surface area (Å²) >= 11 is 0. The summed E-state index contributed by atoms with van der Waals surface area (Å²) in [5.41, 5.74) is 3.45. The van der Waals surface area contributed by atoms with Crippen molar-refractivity contribution < 1.29 is 14.3 Å². The van der Waals surface area contributed by atoms with Crippen LogP contribution in [0.25, 0.3) is 0 Å². The Morgan fingerprint density at radius 2 is 2.03 bits per heavy atom. The van der Waals surface area contributed by atoms with E-state index in [1.54, 1.807) is 0 Å². The zero-order valence-corrected chi connectivity index (χ0v) is 17.5. The van der Waals surface area contributed by atoms with Gasteiger partial charge in [0, 0.05) is 24.5 Å². The van der Waals surface area contributed by atoms with E-state index >= 15 is 0 Å². The molecule has 5 rings (SSSR count). The third kappa shape index (κ3) is 4.51. The van der Waals surface area contributed by atoms with Crippen LogP contribution < -0.4 is 10.1 Å². The second kappa shape index (κ2) is 8.38. The van der Waals surface area contributed by atoms with E-state index in [9.17, 15) is 4.79 Å². The lowest BCUT2D eigenvalue weighted by Crippen LogP contribution is -2.31. The van der Waals surface area contributed by atoms with Gasteiger partial charge in [0.2, 0.25) is 5.88 Å². The van der Waals surface area contributed by atoms with Gasteiger partial charge in [-0.3, -0.25) is 9.89 Å². The highest BCUT2D eigenvalue weighted by atomic mass is 16.5. The molecule has 7 nitrogen and oxygen atoms in total. The van der Waals surface area contributed by atoms with Crippen LogP contribution in [0.3, 0.4) is 0 Å². The average Bonchev–Trinajstić information content (AvgIpc) is 3.69. The topological polar surface area (TPSA) is 89.1 Å². The summed E-state index contributed by atoms with van der Waals surface area (Å²) in [6.07, 6.45) is 6.61. The minimum absolute atomic E-state index is 0.0704. The third-order valence-corrected chi connectivity index (χ3v) is 6.36. The van der Waals surface area contributed by atoms with Gasteiger partial charge in [0.25, 0.3) is 5.91 Å². The Kier molecular flexibility index (Phi) is 5.46. The van der Waals surface area contributed by atoms with Crippen molar-refractivity contribution in [3.05, 3.63) is 40.8 Å². The van der Waals surface area contributed by atoms with Gasteiger partial charge in [-0.15, -0.1) is 0 Å². The number of hydrogen-bond acceptors (Lipinski definition) is 5. The van der Waals surface area contributed by atoms with Crippen LogP contribution in [0.2, 0.25) is 0 Å². The van der Waals surface area contributed by atoms with Crippen LogP contribution in [0.15, 0.2) is 18.2 Å². The fourth-order valence-electron chi connectivity index (χ4n) is 4.18. The maximum absolute atomic E-state index is 13.0. The van der Waals surface area contributed by atoms with Crippen molar-refractivity contribution in [2.75, 3.05) is 19.8 Å². The second-order valence-corrected chi connectivity index (χ2v) is 9.00. The van der Waals surface area contributed by atoms with E-state index in [4.69, 9.17) is 9.47 Å². The van der Waals surface area contributed by atoms with Gasteiger partial charge in [-0.2, -0.15) is 5.10 Å². The van der Waals surface area contributed by atoms with E-state index < -0.39 is 0 Å². The number of rotatable bonds is 8. The summed E-state index contributed by atoms with van der Waals surface area (Å²) < 4.78 is 11.6. The molecule has 1 amide bonds. The number of aromatic amines is 1. The first-order chi connectivity index (χ1) is 14.7. The van der Waals surface area contributed by atoms with Gasteiger partial charge in [0.1, 0.15) is 5.69 Å². The Bertz CT molecular complexity index is 898. The average molecular weight is 411 g/mol. The van der Waals surface area contributed by atoms with E-state index in [2.05, 4.69) is 20.5 Å². The van der Waals surface area contributed by atoms with Gasteiger partial charge in [-0.05, 0) is 75.3 Å². The molecule has 3 aliphatic rings. The molecule has 0 radical (unpaired) electrons. The number of nitrogens with zero attached hydrogens (tertiary/aromatic N) is 2. The molecule has 1 saturated heterocycles. The van der Waals surface area contributed by atoms with E-state index in [1.165, 1.54) is 12.8 Å². The molecular weight excluding hydrogens is 380 g/mol. The number of H-pyrrole nitrogens is 1. The lowest BCUT2D eigenvalue weighted by molar-refractivity contribution is 0.0488. The van der Waals surface area contributed by atoms with Crippen LogP contribution in [0.5, 0.6) is 5.88 Å². The van der Waals surface area contributed by atoms with Gasteiger partial charge in [-0.1, -0.05) is 6.07 Å². The minimum Gasteiger partial charge on any atom is -0.477 e. The van der Waals surface area contributed by atoms with Crippen LogP contribution in [0.4, 0.5) is 0 Å². The maximum atomic E-state index is 13.0. The van der Waals surface area contributed by atoms with E-state index in [0.717, 1.165) is 55.8 Å². The molecule has 1 aliphatic heterocycles. The fourth-order valence-corrected chi connectivity index (χ4v) is 4.18. The molecule has 3 fully saturated rings. The molecule has 160 valence electrons. The van der Waals surface area contributed by atoms with E-state index in [1.807, 2.05) is 25.1 Å². The molecule has 7 heteroatoms. The second-order valence-electron chi connectivity index (χ2n) is 9.00. The predicted octanol–water partition coefficient (Wildman–Crippen LogP) is 3.68. The van der Waals surface area contributed by atoms with E-state index in [-0.39, 0.29) is 11.9 Å². The Hall–Kier alpha value is -2.41. The molecule has 0 aromatic carbocycles. The Morgan fingerprint density at radius 1 is 1.23 bits per heavy atom. The lowest BCUT2D eigenvalue weighted by Gasteiger charge is -2.22. The molecule has 30 heavy (non-hydrogen) atoms. The molecular formula is C23H30N4O3. The van der Waals surface area contributed by atoms with Crippen molar-refractivity contribution in [1.82, 2.24) is 20.5 Å². The highest BCUT2D eigenvalue weighted by molar-refractivity contribution is 5.92. The third-order valence-electron chi connectivity index (χ3n) is 6.36. The van der Waals surface area contributed by atoms with Crippen LogP contribution in [0, 0.1) is 18.8 Å². The summed E-state index contributed by atoms with van der Waals surface area (Å²) in [5, 5.41) is 10.5. The van der Waals surface area contributed by atoms with Gasteiger partial charge >= 0.3 is 0 Å². The quantitative estimate of drug-likeness (QED) is 0.693. The number of nitrogens with one attached hydrogen (secondary N) is 2. The smallest absolute Gasteiger partial charge is 0.270 e. The molecule has 0 spiro atoms. The normalized spacial score (nSPS) is 20.7. The SMILES string of the molecule is Cc1cc(C(NC(=O)c2ccc(C3CC3)c(OCC3CCOCC3)n2)C2CC2)n[nH]1. The first kappa shape index (κ1) is 19.5. The van der Waals surface area contributed by atoms with Crippen molar-refractivity contribution in [2.45, 2.75) is 57.4 Å². The van der Waals surface area contributed by atoms with Crippen molar-refractivity contribution in [1.29, 1.82) is 0 Å². The first-order valence-electron chi connectivity index (χ1n) is 11.2. The molecule has 2 aliphatic carbocycles. The van der Waals surface area contributed by atoms with Crippen LogP contribution in [-0.2, 0) is 4.74 Å². The standard InChI is InChI=1S/C23H30N4O3/c1-14-12-20(27-26-14)21(17-4-5-17)25-22(28)19-7-6-18(16-2-3-16)23(24-19)30-13-15-8-10-29-11-9-15/h6-7,12,15-17,21H,2-5,8-11,13H2,1H3,(H,25,28)(H,26,27). The maximum Gasteiger partial charge on any atom is 0.270 e. The number of pyridine rings is 1. The largest absolute Gasteiger partial charge is 0.477 e. The Balaban J connectivity index is 1.31. The first-order valence-corrected chi connectivity index (χ1v) is 11.2. The van der Waals surface area contributed by atoms with Gasteiger partial charge in [0.15, 0.2) is 0 Å². The van der Waals surface area contributed by atoms with Crippen LogP contribution in [-0.4, -0.2) is 40.9 Å². The predicted molar refractivity (Wildman–Crippen MR) is 112 cm³/mol. The summed E-state index contributed by atoms with van der Waals surface area (Å²) in [6, 6.07) is 5.81. The van der Waals surface area contributed by atoms with Crippen LogP contribution in [0.1, 0.15) is 77.9 Å². The highest BCUT2D eigenvalue weighted by Crippen LogP contribution is 2.44. The number of carbonyl (C=O) groups is 1. The van der Waals surface area contributed by atoms with Crippen LogP contribution >= 0.6 is 0 Å². The number of hydrogen-bond donors (Lipinski definition) is 2. The Morgan fingerprint density at radius 3 is 2.70 bits per heavy atom. The van der Waals surface area contributed by atoms with Crippen molar-refractivity contribution >= 4 is 5.91 Å². The number of ether oxygens (including phenoxy) is 2. The summed E-state index contributed by atoms with van der Waals surface area (Å²) in [7, 11) is 0. The number of amides is 1. The van der Waals surface area contributed by atoms with Crippen molar-refractivity contribution in [3.8, 4) is 5.88 Å². The zero-order chi connectivity index (χ0) is 20.5. The molecule has 2 N–H and O–H groups in total. The molecule has 2 aromatic heterocycles. The summed E-state index contributed by atoms with van der Waals surface area (Å²) in [5.74, 6) is 1.94. The molecule has 1 atom stereocenters. The number of aryl methyl sites for hydroxylation is 1. The summed E-state index contributed by atoms with van der Waals surface area (Å²) in [6.45, 7) is 4.21. The van der Waals surface area contributed by atoms with Crippen molar-refractivity contribution in [3.63, 3.8) is 0 Å². The zero-order valence-electron chi connectivity index (χ0n) is 17.5. The summed E-state index contributed by atoms with van der Waals surface area (Å²) in [4.78, 5) is 17.7. The van der Waals surface area contributed by atoms with Gasteiger partial charge in [-0.25, -0.2) is 4.98 Å². The van der Waals surface area contributed by atoms with Gasteiger partial charge < -0.3 is 14.8 Å². The monoisotopic (exact) mass is 410 g/mol. The van der Waals surface area contributed by atoms with Crippen molar-refractivity contribution in [2.24, 2.45) is 11.8 Å². The molecule has 2 aromatic rings. The lowest BCUT2D eigenvalue weighted by atomic mass is 10.0. The Labute approximate surface area is 177 Å².